The van der Waals surface area contributed by atoms with Crippen molar-refractivity contribution in [2.45, 2.75) is 50.8 Å². The highest BCUT2D eigenvalue weighted by Gasteiger charge is 2.28. The maximum Gasteiger partial charge on any atom is 0.405 e. The maximum atomic E-state index is 12.8. The molecule has 0 bridgehead atoms. The number of nitrogens with one attached hydrogen (secondary N) is 1. The molecule has 1 aromatic carbocycles. The molecule has 1 aliphatic heterocycles. The Hall–Kier alpha value is -3.22. The Morgan fingerprint density at radius 1 is 1.14 bits per heavy atom. The third-order valence-electron chi connectivity index (χ3n) is 5.67. The van der Waals surface area contributed by atoms with Gasteiger partial charge in [-0.1, -0.05) is 11.6 Å². The number of aliphatic hydroxyl groups excluding tert-OH is 1. The minimum absolute atomic E-state index is 0.0429. The molecule has 9 nitrogen and oxygen atoms in total. The summed E-state index contributed by atoms with van der Waals surface area (Å²) in [6.07, 6.45) is -0.176. The predicted octanol–water partition coefficient (Wildman–Crippen LogP) is 3.07. The summed E-state index contributed by atoms with van der Waals surface area (Å²) in [5.74, 6) is -1.09. The highest BCUT2D eigenvalue weighted by molar-refractivity contribution is 5.95. The molecular formula is C23H29F4N5O4. The van der Waals surface area contributed by atoms with E-state index in [1.807, 2.05) is 5.32 Å². The molecule has 2 heterocycles. The minimum Gasteiger partial charge on any atom is -0.491 e. The lowest BCUT2D eigenvalue weighted by Crippen LogP contribution is -2.40. The number of piperidine rings is 1. The van der Waals surface area contributed by atoms with Crippen LogP contribution in [0.2, 0.25) is 0 Å². The molecule has 198 valence electrons. The number of rotatable bonds is 11. The van der Waals surface area contributed by atoms with E-state index >= 15 is 0 Å². The van der Waals surface area contributed by atoms with Crippen LogP contribution in [0.4, 0.5) is 17.6 Å². The van der Waals surface area contributed by atoms with Gasteiger partial charge < -0.3 is 20.1 Å². The second-order valence-corrected chi connectivity index (χ2v) is 8.50. The maximum absolute atomic E-state index is 12.8. The van der Waals surface area contributed by atoms with Gasteiger partial charge in [0.05, 0.1) is 25.6 Å². The van der Waals surface area contributed by atoms with E-state index in [-0.39, 0.29) is 29.5 Å². The van der Waals surface area contributed by atoms with Gasteiger partial charge in [-0.05, 0) is 50.3 Å². The molecule has 13 heteroatoms. The van der Waals surface area contributed by atoms with Crippen molar-refractivity contribution in [2.75, 3.05) is 32.9 Å². The van der Waals surface area contributed by atoms with E-state index < -0.39 is 31.4 Å². The van der Waals surface area contributed by atoms with Crippen molar-refractivity contribution in [3.63, 3.8) is 0 Å². The van der Waals surface area contributed by atoms with Crippen molar-refractivity contribution >= 4 is 11.8 Å². The number of hydrogen-bond acceptors (Lipinski definition) is 6. The largest absolute Gasteiger partial charge is 0.491 e. The van der Waals surface area contributed by atoms with Crippen LogP contribution in [0.15, 0.2) is 24.4 Å². The number of ether oxygens (including phenoxy) is 1. The number of unbranched alkanes of at least 4 members (excludes halogenated alkanes) is 3. The highest BCUT2D eigenvalue weighted by Crippen LogP contribution is 2.25. The van der Waals surface area contributed by atoms with E-state index in [1.165, 1.54) is 29.1 Å². The number of halogens is 4. The zero-order chi connectivity index (χ0) is 26.1. The molecule has 1 aromatic heterocycles. The van der Waals surface area contributed by atoms with Gasteiger partial charge in [-0.25, -0.2) is 4.68 Å². The van der Waals surface area contributed by atoms with Gasteiger partial charge in [0.1, 0.15) is 18.0 Å². The smallest absolute Gasteiger partial charge is 0.405 e. The Kier molecular flexibility index (Phi) is 9.62. The van der Waals surface area contributed by atoms with Crippen LogP contribution < -0.4 is 10.1 Å². The summed E-state index contributed by atoms with van der Waals surface area (Å²) in [6.45, 7) is -0.855. The molecule has 3 rings (SSSR count). The van der Waals surface area contributed by atoms with Crippen LogP contribution in [0.5, 0.6) is 5.75 Å². The van der Waals surface area contributed by atoms with E-state index in [0.29, 0.717) is 50.9 Å². The topological polar surface area (TPSA) is 110 Å². The van der Waals surface area contributed by atoms with Gasteiger partial charge in [0.2, 0.25) is 0 Å². The van der Waals surface area contributed by atoms with Crippen molar-refractivity contribution in [3.8, 4) is 11.4 Å². The van der Waals surface area contributed by atoms with E-state index in [1.54, 1.807) is 4.90 Å². The van der Waals surface area contributed by atoms with Crippen LogP contribution in [0.25, 0.3) is 5.69 Å². The fourth-order valence-corrected chi connectivity index (χ4v) is 3.69. The molecule has 2 N–H and O–H groups in total. The summed E-state index contributed by atoms with van der Waals surface area (Å²) < 4.78 is 56.8. The zero-order valence-corrected chi connectivity index (χ0v) is 19.6. The van der Waals surface area contributed by atoms with Crippen LogP contribution in [0.1, 0.15) is 59.4 Å². The van der Waals surface area contributed by atoms with E-state index in [0.717, 1.165) is 6.42 Å². The number of alkyl halides is 4. The van der Waals surface area contributed by atoms with E-state index in [2.05, 4.69) is 10.3 Å². The number of carbonyl (C=O) groups is 2. The Balaban J connectivity index is 1.77. The number of aromatic nitrogens is 3. The number of aliphatic hydroxyl groups is 1. The van der Waals surface area contributed by atoms with Crippen molar-refractivity contribution in [2.24, 2.45) is 0 Å². The molecule has 36 heavy (non-hydrogen) atoms. The Morgan fingerprint density at radius 3 is 2.56 bits per heavy atom. The van der Waals surface area contributed by atoms with Gasteiger partial charge >= 0.3 is 6.18 Å². The lowest BCUT2D eigenvalue weighted by molar-refractivity contribution is -0.123. The molecule has 0 spiro atoms. The predicted molar refractivity (Wildman–Crippen MR) is 121 cm³/mol. The standard InChI is InChI=1S/C23H29F4N5O4/c24-9-3-1-2-4-12-36-20-13-16(21(34)28-15-23(25,26)27)5-6-19(20)32-14-18(29-30-32)22(35)31-10-7-17(33)8-11-31/h5-6,13-14,17,33H,1-4,7-12,15H2,(H,28,34). The molecule has 0 atom stereocenters. The normalized spacial score (nSPS) is 14.6. The second-order valence-electron chi connectivity index (χ2n) is 8.50. The number of nitrogens with zero attached hydrogens (tertiary/aromatic N) is 4. The summed E-state index contributed by atoms with van der Waals surface area (Å²) in [5, 5.41) is 19.4. The molecule has 1 aliphatic rings. The average Bonchev–Trinajstić information content (AvgIpc) is 3.34. The molecule has 2 aromatic rings. The van der Waals surface area contributed by atoms with Crippen molar-refractivity contribution in [1.29, 1.82) is 0 Å². The molecule has 2 amide bonds. The first kappa shape index (κ1) is 27.4. The van der Waals surface area contributed by atoms with Gasteiger partial charge in [0.25, 0.3) is 11.8 Å². The average molecular weight is 516 g/mol. The van der Waals surface area contributed by atoms with Crippen molar-refractivity contribution in [1.82, 2.24) is 25.2 Å². The number of benzene rings is 1. The van der Waals surface area contributed by atoms with Crippen LogP contribution in [0, 0.1) is 0 Å². The number of likely N-dealkylation sites (tertiary alicyclic amines) is 1. The van der Waals surface area contributed by atoms with E-state index in [4.69, 9.17) is 4.74 Å². The number of carbonyl (C=O) groups excluding carboxylic acids is 2. The van der Waals surface area contributed by atoms with Crippen LogP contribution >= 0.6 is 0 Å². The monoisotopic (exact) mass is 515 g/mol. The fraction of sp³-hybridized carbons (Fsp3) is 0.565. The Bertz CT molecular complexity index is 1020. The van der Waals surface area contributed by atoms with Gasteiger partial charge in [0.15, 0.2) is 5.69 Å². The van der Waals surface area contributed by atoms with Gasteiger partial charge in [-0.15, -0.1) is 5.10 Å². The molecule has 0 saturated carbocycles. The first-order valence-corrected chi connectivity index (χ1v) is 11.8. The Morgan fingerprint density at radius 2 is 1.86 bits per heavy atom. The minimum atomic E-state index is -4.55. The summed E-state index contributed by atoms with van der Waals surface area (Å²) in [6, 6.07) is 4.07. The summed E-state index contributed by atoms with van der Waals surface area (Å²) in [5.41, 5.74) is 0.376. The van der Waals surface area contributed by atoms with Crippen molar-refractivity contribution in [3.05, 3.63) is 35.7 Å². The number of amides is 2. The zero-order valence-electron chi connectivity index (χ0n) is 19.6. The number of hydrogen-bond donors (Lipinski definition) is 2. The lowest BCUT2D eigenvalue weighted by Gasteiger charge is -2.28. The summed E-state index contributed by atoms with van der Waals surface area (Å²) in [7, 11) is 0. The fourth-order valence-electron chi connectivity index (χ4n) is 3.69. The molecule has 1 fully saturated rings. The Labute approximate surface area is 205 Å². The highest BCUT2D eigenvalue weighted by atomic mass is 19.4. The molecular weight excluding hydrogens is 486 g/mol. The second kappa shape index (κ2) is 12.7. The lowest BCUT2D eigenvalue weighted by atomic mass is 10.1. The van der Waals surface area contributed by atoms with Crippen LogP contribution in [-0.4, -0.2) is 82.0 Å². The SMILES string of the molecule is O=C(NCC(F)(F)F)c1ccc(-n2cc(C(=O)N3CCC(O)CC3)nn2)c(OCCCCCCF)c1. The third kappa shape index (κ3) is 7.90. The first-order chi connectivity index (χ1) is 17.2. The van der Waals surface area contributed by atoms with Gasteiger partial charge in [0, 0.05) is 18.7 Å². The van der Waals surface area contributed by atoms with Crippen molar-refractivity contribution < 1.29 is 37.0 Å². The summed E-state index contributed by atoms with van der Waals surface area (Å²) in [4.78, 5) is 26.6. The third-order valence-corrected chi connectivity index (χ3v) is 5.67. The molecule has 0 unspecified atom stereocenters. The molecule has 0 aliphatic carbocycles. The van der Waals surface area contributed by atoms with Gasteiger partial charge in [-0.2, -0.15) is 13.2 Å². The molecule has 0 radical (unpaired) electrons. The first-order valence-electron chi connectivity index (χ1n) is 11.8. The van der Waals surface area contributed by atoms with Crippen LogP contribution in [-0.2, 0) is 0 Å². The van der Waals surface area contributed by atoms with Crippen LogP contribution in [0.3, 0.4) is 0 Å². The van der Waals surface area contributed by atoms with Gasteiger partial charge in [-0.3, -0.25) is 14.0 Å². The summed E-state index contributed by atoms with van der Waals surface area (Å²) >= 11 is 0. The quantitative estimate of drug-likeness (QED) is 0.352. The molecule has 1 saturated heterocycles. The van der Waals surface area contributed by atoms with E-state index in [9.17, 15) is 32.3 Å².